The molecule has 2 aliphatic heterocycles. The Balaban J connectivity index is 1.59. The van der Waals surface area contributed by atoms with E-state index in [0.717, 1.165) is 0 Å². The summed E-state index contributed by atoms with van der Waals surface area (Å²) in [7, 11) is 0. The van der Waals surface area contributed by atoms with E-state index in [9.17, 15) is 23.1 Å². The van der Waals surface area contributed by atoms with E-state index in [2.05, 4.69) is 31.3 Å². The minimum atomic E-state index is -3.24. The highest BCUT2D eigenvalue weighted by Gasteiger charge is 2.44. The second-order valence-electron chi connectivity index (χ2n) is 6.91. The highest BCUT2D eigenvalue weighted by atomic mass is 79.9. The minimum absolute atomic E-state index is 0.0358. The molecule has 0 saturated heterocycles. The standard InChI is InChI=1S/C17H17BrF3N5O2/c18-15-13(19)12(1-4-22-15)23-16(28)25-5-3-11-10(8-25)14-17(20,21)7-9(27)2-6-26(14)24-11/h1,4,9,27H,2-3,5-8H2,(H,22,23,28)/t9-/m0/s1. The molecule has 2 aromatic heterocycles. The Labute approximate surface area is 166 Å². The Kier molecular flexibility index (Phi) is 4.82. The number of fused-ring (bicyclic) bond motifs is 3. The molecular weight excluding hydrogens is 443 g/mol. The number of carbonyl (C=O) groups is 1. The number of rotatable bonds is 1. The zero-order chi connectivity index (χ0) is 20.1. The van der Waals surface area contributed by atoms with Crippen molar-refractivity contribution in [3.05, 3.63) is 39.6 Å². The number of nitrogens with zero attached hydrogens (tertiary/aromatic N) is 4. The van der Waals surface area contributed by atoms with E-state index in [1.807, 2.05) is 0 Å². The summed E-state index contributed by atoms with van der Waals surface area (Å²) in [5.41, 5.74) is 0.541. The van der Waals surface area contributed by atoms with Gasteiger partial charge in [-0.15, -0.1) is 0 Å². The van der Waals surface area contributed by atoms with Gasteiger partial charge in [-0.25, -0.2) is 14.2 Å². The third kappa shape index (κ3) is 3.37. The third-order valence-corrected chi connectivity index (χ3v) is 5.54. The van der Waals surface area contributed by atoms with Crippen LogP contribution in [0.2, 0.25) is 0 Å². The lowest BCUT2D eigenvalue weighted by Crippen LogP contribution is -2.39. The Bertz CT molecular complexity index is 936. The summed E-state index contributed by atoms with van der Waals surface area (Å²) >= 11 is 2.95. The normalized spacial score (nSPS) is 20.9. The number of aromatic nitrogens is 3. The topological polar surface area (TPSA) is 83.3 Å². The first kappa shape index (κ1) is 19.2. The first-order valence-corrected chi connectivity index (χ1v) is 9.56. The van der Waals surface area contributed by atoms with Gasteiger partial charge in [0.25, 0.3) is 5.92 Å². The summed E-state index contributed by atoms with van der Waals surface area (Å²) < 4.78 is 44.7. The van der Waals surface area contributed by atoms with Crippen molar-refractivity contribution in [1.29, 1.82) is 0 Å². The monoisotopic (exact) mass is 459 g/mol. The molecule has 0 fully saturated rings. The number of aliphatic hydroxyl groups is 1. The summed E-state index contributed by atoms with van der Waals surface area (Å²) in [5.74, 6) is -3.95. The van der Waals surface area contributed by atoms with Crippen LogP contribution in [-0.2, 0) is 25.4 Å². The van der Waals surface area contributed by atoms with Gasteiger partial charge in [-0.3, -0.25) is 4.68 Å². The lowest BCUT2D eigenvalue weighted by Gasteiger charge is -2.28. The van der Waals surface area contributed by atoms with Crippen molar-refractivity contribution in [2.24, 2.45) is 0 Å². The summed E-state index contributed by atoms with van der Waals surface area (Å²) in [6.45, 7) is 0.412. The summed E-state index contributed by atoms with van der Waals surface area (Å²) in [4.78, 5) is 17.6. The number of pyridine rings is 1. The maximum absolute atomic E-state index is 14.7. The molecule has 2 N–H and O–H groups in total. The summed E-state index contributed by atoms with van der Waals surface area (Å²) in [5, 5.41) is 16.5. The van der Waals surface area contributed by atoms with Crippen LogP contribution in [0.4, 0.5) is 23.7 Å². The number of aryl methyl sites for hydroxylation is 1. The lowest BCUT2D eigenvalue weighted by molar-refractivity contribution is -0.0507. The first-order chi connectivity index (χ1) is 13.3. The molecule has 0 aromatic carbocycles. The van der Waals surface area contributed by atoms with Gasteiger partial charge in [0, 0.05) is 37.7 Å². The van der Waals surface area contributed by atoms with Crippen molar-refractivity contribution < 1.29 is 23.1 Å². The number of urea groups is 1. The fourth-order valence-electron chi connectivity index (χ4n) is 3.65. The van der Waals surface area contributed by atoms with Crippen molar-refractivity contribution in [2.45, 2.75) is 44.4 Å². The molecular formula is C17H17BrF3N5O2. The number of nitrogens with one attached hydrogen (secondary N) is 1. The van der Waals surface area contributed by atoms with E-state index < -0.39 is 30.3 Å². The zero-order valence-corrected chi connectivity index (χ0v) is 16.2. The lowest BCUT2D eigenvalue weighted by atomic mass is 9.99. The number of amides is 2. The number of carbonyl (C=O) groups excluding carboxylic acids is 1. The highest BCUT2D eigenvalue weighted by molar-refractivity contribution is 9.10. The van der Waals surface area contributed by atoms with Gasteiger partial charge in [-0.2, -0.15) is 13.9 Å². The van der Waals surface area contributed by atoms with Gasteiger partial charge in [0.05, 0.1) is 24.0 Å². The smallest absolute Gasteiger partial charge is 0.322 e. The van der Waals surface area contributed by atoms with Gasteiger partial charge in [0.2, 0.25) is 0 Å². The number of hydrogen-bond acceptors (Lipinski definition) is 4. The Morgan fingerprint density at radius 2 is 2.18 bits per heavy atom. The van der Waals surface area contributed by atoms with Crippen molar-refractivity contribution in [3.8, 4) is 0 Å². The maximum atomic E-state index is 14.7. The molecule has 11 heteroatoms. The maximum Gasteiger partial charge on any atom is 0.322 e. The molecule has 0 bridgehead atoms. The Morgan fingerprint density at radius 3 is 2.96 bits per heavy atom. The van der Waals surface area contributed by atoms with Crippen LogP contribution < -0.4 is 5.32 Å². The van der Waals surface area contributed by atoms with E-state index in [1.54, 1.807) is 0 Å². The van der Waals surface area contributed by atoms with Gasteiger partial charge in [-0.1, -0.05) is 0 Å². The average molecular weight is 460 g/mol. The first-order valence-electron chi connectivity index (χ1n) is 8.77. The van der Waals surface area contributed by atoms with Crippen LogP contribution >= 0.6 is 15.9 Å². The van der Waals surface area contributed by atoms with E-state index in [0.29, 0.717) is 17.7 Å². The van der Waals surface area contributed by atoms with Crippen LogP contribution in [0.1, 0.15) is 29.8 Å². The predicted molar refractivity (Wildman–Crippen MR) is 96.4 cm³/mol. The molecule has 0 aliphatic carbocycles. The van der Waals surface area contributed by atoms with Gasteiger partial charge in [-0.05, 0) is 28.4 Å². The van der Waals surface area contributed by atoms with Gasteiger partial charge in [0.1, 0.15) is 10.3 Å². The fraction of sp³-hybridized carbons (Fsp3) is 0.471. The van der Waals surface area contributed by atoms with Crippen LogP contribution in [0.3, 0.4) is 0 Å². The van der Waals surface area contributed by atoms with Crippen LogP contribution in [-0.4, -0.2) is 43.5 Å². The van der Waals surface area contributed by atoms with Gasteiger partial charge >= 0.3 is 6.03 Å². The van der Waals surface area contributed by atoms with Crippen LogP contribution in [0, 0.1) is 5.82 Å². The molecule has 2 aromatic rings. The molecule has 0 unspecified atom stereocenters. The molecule has 0 spiro atoms. The van der Waals surface area contributed by atoms with Gasteiger partial charge in [0.15, 0.2) is 5.82 Å². The fourth-order valence-corrected chi connectivity index (χ4v) is 3.98. The molecule has 1 atom stereocenters. The highest BCUT2D eigenvalue weighted by Crippen LogP contribution is 2.40. The van der Waals surface area contributed by atoms with Crippen molar-refractivity contribution >= 4 is 27.6 Å². The minimum Gasteiger partial charge on any atom is -0.393 e. The predicted octanol–water partition coefficient (Wildman–Crippen LogP) is 3.02. The number of anilines is 1. The molecule has 28 heavy (non-hydrogen) atoms. The van der Waals surface area contributed by atoms with Crippen LogP contribution in [0.15, 0.2) is 16.9 Å². The number of aliphatic hydroxyl groups excluding tert-OH is 1. The molecule has 2 aliphatic rings. The van der Waals surface area contributed by atoms with E-state index >= 15 is 0 Å². The van der Waals surface area contributed by atoms with Crippen LogP contribution in [0.5, 0.6) is 0 Å². The Morgan fingerprint density at radius 1 is 1.39 bits per heavy atom. The summed E-state index contributed by atoms with van der Waals surface area (Å²) in [6.07, 6.45) is 0.0743. The van der Waals surface area contributed by atoms with Crippen molar-refractivity contribution in [3.63, 3.8) is 0 Å². The zero-order valence-electron chi connectivity index (χ0n) is 14.6. The molecule has 4 rings (SSSR count). The summed E-state index contributed by atoms with van der Waals surface area (Å²) in [6, 6.07) is 0.717. The van der Waals surface area contributed by atoms with Crippen molar-refractivity contribution in [2.75, 3.05) is 11.9 Å². The molecule has 150 valence electrons. The van der Waals surface area contributed by atoms with E-state index in [1.165, 1.54) is 21.8 Å². The van der Waals surface area contributed by atoms with Gasteiger partial charge < -0.3 is 15.3 Å². The number of hydrogen-bond donors (Lipinski definition) is 2. The van der Waals surface area contributed by atoms with Crippen LogP contribution in [0.25, 0.3) is 0 Å². The second-order valence-corrected chi connectivity index (χ2v) is 7.66. The molecule has 7 nitrogen and oxygen atoms in total. The largest absolute Gasteiger partial charge is 0.393 e. The Hall–Kier alpha value is -2.14. The number of halogens is 4. The quantitative estimate of drug-likeness (QED) is 0.642. The van der Waals surface area contributed by atoms with E-state index in [4.69, 9.17) is 0 Å². The number of alkyl halides is 2. The molecule has 4 heterocycles. The van der Waals surface area contributed by atoms with E-state index in [-0.39, 0.29) is 42.0 Å². The average Bonchev–Trinajstić information content (AvgIpc) is 2.96. The SMILES string of the molecule is O=C(Nc1ccnc(Br)c1F)N1CCc2nn3c(c2C1)C(F)(F)C[C@@H](O)CC3. The molecule has 0 radical (unpaired) electrons. The third-order valence-electron chi connectivity index (χ3n) is 4.99. The molecule has 2 amide bonds. The molecule has 0 saturated carbocycles. The van der Waals surface area contributed by atoms with Crippen molar-refractivity contribution in [1.82, 2.24) is 19.7 Å². The second kappa shape index (κ2) is 7.03.